The maximum Gasteiger partial charge on any atom is 0.305 e. The molecule has 1 unspecified atom stereocenters. The van der Waals surface area contributed by atoms with Gasteiger partial charge in [-0.2, -0.15) is 0 Å². The second-order valence-corrected chi connectivity index (χ2v) is 7.30. The first-order chi connectivity index (χ1) is 14.9. The molecule has 2 aliphatic heterocycles. The minimum atomic E-state index is -0.973. The molecule has 2 N–H and O–H groups in total. The second kappa shape index (κ2) is 10.3. The van der Waals surface area contributed by atoms with E-state index in [1.807, 2.05) is 0 Å². The van der Waals surface area contributed by atoms with Gasteiger partial charge >= 0.3 is 5.97 Å². The zero-order valence-corrected chi connectivity index (χ0v) is 16.9. The normalized spacial score (nSPS) is 18.3. The fourth-order valence-corrected chi connectivity index (χ4v) is 3.53. The third kappa shape index (κ3) is 5.53. The lowest BCUT2D eigenvalue weighted by Gasteiger charge is -2.27. The summed E-state index contributed by atoms with van der Waals surface area (Å²) in [7, 11) is 0. The summed E-state index contributed by atoms with van der Waals surface area (Å²) in [6.07, 6.45) is 1.49. The maximum atomic E-state index is 12.8. The van der Waals surface area contributed by atoms with Crippen LogP contribution >= 0.6 is 0 Å². The van der Waals surface area contributed by atoms with Gasteiger partial charge in [0.05, 0.1) is 37.4 Å². The van der Waals surface area contributed by atoms with Crippen LogP contribution in [0.25, 0.3) is 0 Å². The third-order valence-corrected chi connectivity index (χ3v) is 5.09. The standard InChI is InChI=1S/C21H24N2O8/c24-17-6-5-16(19(27)22-17)23-20(28)14-4-3-13(12-15(14)21(23)29)2-1-8-30-10-11-31-9-7-18(25)26/h3-4,12,16H,1-2,5-11H2,(H,25,26)(H,22,24,27). The summed E-state index contributed by atoms with van der Waals surface area (Å²) in [4.78, 5) is 60.2. The van der Waals surface area contributed by atoms with E-state index < -0.39 is 35.6 Å². The number of aryl methyl sites for hydroxylation is 1. The number of imide groups is 2. The van der Waals surface area contributed by atoms with Gasteiger partial charge < -0.3 is 14.6 Å². The van der Waals surface area contributed by atoms with Crippen LogP contribution in [-0.2, 0) is 30.3 Å². The van der Waals surface area contributed by atoms with E-state index in [0.717, 1.165) is 10.5 Å². The number of amides is 4. The van der Waals surface area contributed by atoms with Crippen LogP contribution in [0, 0.1) is 0 Å². The van der Waals surface area contributed by atoms with Crippen LogP contribution in [0.2, 0.25) is 0 Å². The maximum absolute atomic E-state index is 12.8. The molecule has 0 aliphatic carbocycles. The van der Waals surface area contributed by atoms with Crippen molar-refractivity contribution in [3.8, 4) is 0 Å². The second-order valence-electron chi connectivity index (χ2n) is 7.30. The highest BCUT2D eigenvalue weighted by Crippen LogP contribution is 2.28. The molecular weight excluding hydrogens is 408 g/mol. The Kier molecular flexibility index (Phi) is 7.48. The number of carboxylic acids is 1. The molecule has 0 saturated carbocycles. The first kappa shape index (κ1) is 22.6. The van der Waals surface area contributed by atoms with Crippen molar-refractivity contribution in [1.82, 2.24) is 10.2 Å². The molecule has 1 fully saturated rings. The number of fused-ring (bicyclic) bond motifs is 1. The van der Waals surface area contributed by atoms with Gasteiger partial charge in [-0.3, -0.25) is 34.2 Å². The van der Waals surface area contributed by atoms with Crippen LogP contribution in [0.15, 0.2) is 18.2 Å². The van der Waals surface area contributed by atoms with Crippen molar-refractivity contribution in [1.29, 1.82) is 0 Å². The van der Waals surface area contributed by atoms with Crippen molar-refractivity contribution in [3.05, 3.63) is 34.9 Å². The van der Waals surface area contributed by atoms with E-state index in [1.54, 1.807) is 18.2 Å². The number of hydrogen-bond donors (Lipinski definition) is 2. The summed E-state index contributed by atoms with van der Waals surface area (Å²) < 4.78 is 10.6. The molecule has 2 heterocycles. The molecule has 0 bridgehead atoms. The minimum absolute atomic E-state index is 0.0411. The van der Waals surface area contributed by atoms with Crippen LogP contribution in [0.4, 0.5) is 0 Å². The average Bonchev–Trinajstić information content (AvgIpc) is 2.97. The molecular formula is C21H24N2O8. The van der Waals surface area contributed by atoms with Gasteiger partial charge in [0.1, 0.15) is 6.04 Å². The molecule has 10 heteroatoms. The Morgan fingerprint density at radius 3 is 2.45 bits per heavy atom. The SMILES string of the molecule is O=C(O)CCOCCOCCCc1ccc2c(c1)C(=O)N(C1CCC(=O)NC1=O)C2=O. The van der Waals surface area contributed by atoms with E-state index in [0.29, 0.717) is 32.7 Å². The summed E-state index contributed by atoms with van der Waals surface area (Å²) >= 11 is 0. The summed E-state index contributed by atoms with van der Waals surface area (Å²) in [5.41, 5.74) is 1.39. The Morgan fingerprint density at radius 1 is 1.03 bits per heavy atom. The lowest BCUT2D eigenvalue weighted by atomic mass is 10.0. The Labute approximate surface area is 178 Å². The Morgan fingerprint density at radius 2 is 1.74 bits per heavy atom. The van der Waals surface area contributed by atoms with E-state index in [-0.39, 0.29) is 37.0 Å². The van der Waals surface area contributed by atoms with E-state index in [2.05, 4.69) is 5.32 Å². The van der Waals surface area contributed by atoms with Crippen LogP contribution in [0.5, 0.6) is 0 Å². The van der Waals surface area contributed by atoms with E-state index >= 15 is 0 Å². The lowest BCUT2D eigenvalue weighted by molar-refractivity contribution is -0.138. The first-order valence-electron chi connectivity index (χ1n) is 10.1. The molecule has 31 heavy (non-hydrogen) atoms. The number of nitrogens with one attached hydrogen (secondary N) is 1. The Balaban J connectivity index is 1.47. The molecule has 10 nitrogen and oxygen atoms in total. The summed E-state index contributed by atoms with van der Waals surface area (Å²) in [5, 5.41) is 10.7. The summed E-state index contributed by atoms with van der Waals surface area (Å²) in [6, 6.07) is 4.05. The minimum Gasteiger partial charge on any atom is -0.481 e. The number of benzene rings is 1. The van der Waals surface area contributed by atoms with Crippen molar-refractivity contribution in [2.24, 2.45) is 0 Å². The third-order valence-electron chi connectivity index (χ3n) is 5.09. The zero-order chi connectivity index (χ0) is 22.4. The fourth-order valence-electron chi connectivity index (χ4n) is 3.53. The predicted octanol–water partition coefficient (Wildman–Crippen LogP) is 0.528. The highest BCUT2D eigenvalue weighted by atomic mass is 16.5. The molecule has 0 aromatic heterocycles. The van der Waals surface area contributed by atoms with Crippen LogP contribution < -0.4 is 5.32 Å². The fraction of sp³-hybridized carbons (Fsp3) is 0.476. The number of rotatable bonds is 11. The van der Waals surface area contributed by atoms with Gasteiger partial charge in [0, 0.05) is 13.0 Å². The smallest absolute Gasteiger partial charge is 0.305 e. The van der Waals surface area contributed by atoms with Gasteiger partial charge in [-0.15, -0.1) is 0 Å². The van der Waals surface area contributed by atoms with Gasteiger partial charge in [-0.1, -0.05) is 6.07 Å². The monoisotopic (exact) mass is 432 g/mol. The number of carboxylic acid groups (broad SMARTS) is 1. The van der Waals surface area contributed by atoms with E-state index in [1.165, 1.54) is 0 Å². The van der Waals surface area contributed by atoms with Crippen molar-refractivity contribution >= 4 is 29.6 Å². The summed E-state index contributed by atoms with van der Waals surface area (Å²) in [5.74, 6) is -2.99. The van der Waals surface area contributed by atoms with Gasteiger partial charge in [0.25, 0.3) is 11.8 Å². The molecule has 1 atom stereocenters. The predicted molar refractivity (Wildman–Crippen MR) is 105 cm³/mol. The lowest BCUT2D eigenvalue weighted by Crippen LogP contribution is -2.54. The first-order valence-corrected chi connectivity index (χ1v) is 10.1. The molecule has 0 radical (unpaired) electrons. The Hall–Kier alpha value is -3.11. The van der Waals surface area contributed by atoms with Gasteiger partial charge in [-0.05, 0) is 37.0 Å². The van der Waals surface area contributed by atoms with Crippen LogP contribution in [-0.4, -0.2) is 72.1 Å². The molecule has 1 aromatic rings. The molecule has 4 amide bonds. The van der Waals surface area contributed by atoms with Crippen molar-refractivity contribution in [2.45, 2.75) is 38.1 Å². The zero-order valence-electron chi connectivity index (χ0n) is 16.9. The number of hydrogen-bond acceptors (Lipinski definition) is 7. The van der Waals surface area contributed by atoms with Gasteiger partial charge in [0.15, 0.2) is 0 Å². The Bertz CT molecular complexity index is 897. The van der Waals surface area contributed by atoms with Gasteiger partial charge in [-0.25, -0.2) is 0 Å². The number of piperidine rings is 1. The summed E-state index contributed by atoms with van der Waals surface area (Å²) in [6.45, 7) is 1.29. The number of carbonyl (C=O) groups is 5. The molecule has 3 rings (SSSR count). The number of carbonyl (C=O) groups excluding carboxylic acids is 4. The van der Waals surface area contributed by atoms with Crippen molar-refractivity contribution in [3.63, 3.8) is 0 Å². The average molecular weight is 432 g/mol. The molecule has 1 aromatic carbocycles. The highest BCUT2D eigenvalue weighted by Gasteiger charge is 2.44. The van der Waals surface area contributed by atoms with Crippen molar-refractivity contribution < 1.29 is 38.6 Å². The largest absolute Gasteiger partial charge is 0.481 e. The molecule has 2 aliphatic rings. The van der Waals surface area contributed by atoms with E-state index in [4.69, 9.17) is 14.6 Å². The van der Waals surface area contributed by atoms with Crippen molar-refractivity contribution in [2.75, 3.05) is 26.4 Å². The van der Waals surface area contributed by atoms with Crippen LogP contribution in [0.3, 0.4) is 0 Å². The highest BCUT2D eigenvalue weighted by molar-refractivity contribution is 6.23. The van der Waals surface area contributed by atoms with Gasteiger partial charge in [0.2, 0.25) is 11.8 Å². The molecule has 166 valence electrons. The number of ether oxygens (including phenoxy) is 2. The number of aliphatic carboxylic acids is 1. The molecule has 1 saturated heterocycles. The quantitative estimate of drug-likeness (QED) is 0.381. The van der Waals surface area contributed by atoms with Crippen LogP contribution in [0.1, 0.15) is 52.0 Å². The van der Waals surface area contributed by atoms with E-state index in [9.17, 15) is 24.0 Å². The number of nitrogens with zero attached hydrogens (tertiary/aromatic N) is 1. The molecule has 0 spiro atoms. The topological polar surface area (TPSA) is 139 Å².